The number of fused-ring (bicyclic) bond motifs is 9. The van der Waals surface area contributed by atoms with E-state index in [1.54, 1.807) is 48.5 Å². The van der Waals surface area contributed by atoms with E-state index in [1.165, 1.54) is 0 Å². The molecule has 286 valence electrons. The molecule has 2 aromatic heterocycles. The predicted octanol–water partition coefficient (Wildman–Crippen LogP) is 14.2. The maximum atomic E-state index is 9.45. The fourth-order valence-corrected chi connectivity index (χ4v) is 8.47. The summed E-state index contributed by atoms with van der Waals surface area (Å²) in [5, 5.41) is 45.7. The number of benzene rings is 9. The first kappa shape index (κ1) is 35.8. The van der Waals surface area contributed by atoms with Gasteiger partial charge in [0.05, 0.1) is 51.9 Å². The quantitative estimate of drug-likeness (QED) is 0.163. The topological polar surface area (TPSA) is 128 Å². The van der Waals surface area contributed by atoms with Gasteiger partial charge in [0.2, 0.25) is 0 Å². The molecular weight excluding hydrogens is 765 g/mol. The van der Waals surface area contributed by atoms with Crippen molar-refractivity contribution < 1.29 is 8.83 Å². The highest BCUT2D eigenvalue weighted by atomic mass is 16.3. The molecule has 9 aromatic carbocycles. The van der Waals surface area contributed by atoms with Gasteiger partial charge >= 0.3 is 0 Å². The minimum atomic E-state index is 0.573. The lowest BCUT2D eigenvalue weighted by Crippen LogP contribution is -2.09. The van der Waals surface area contributed by atoms with Crippen LogP contribution in [0.15, 0.2) is 179 Å². The number of nitriles is 4. The molecule has 8 nitrogen and oxygen atoms in total. The predicted molar refractivity (Wildman–Crippen MR) is 244 cm³/mol. The van der Waals surface area contributed by atoms with E-state index < -0.39 is 0 Å². The van der Waals surface area contributed by atoms with Crippen LogP contribution < -0.4 is 9.80 Å². The van der Waals surface area contributed by atoms with E-state index in [-0.39, 0.29) is 0 Å². The van der Waals surface area contributed by atoms with Crippen LogP contribution in [0.1, 0.15) is 22.3 Å². The smallest absolute Gasteiger partial charge is 0.147 e. The number of hydrogen-bond acceptors (Lipinski definition) is 8. The van der Waals surface area contributed by atoms with E-state index in [9.17, 15) is 21.0 Å². The number of rotatable bonds is 6. The fraction of sp³-hybridized carbons (Fsp3) is 0. The van der Waals surface area contributed by atoms with E-state index in [4.69, 9.17) is 8.83 Å². The van der Waals surface area contributed by atoms with Crippen LogP contribution in [0.3, 0.4) is 0 Å². The first-order valence-electron chi connectivity index (χ1n) is 19.8. The molecule has 62 heavy (non-hydrogen) atoms. The van der Waals surface area contributed by atoms with Crippen molar-refractivity contribution in [1.82, 2.24) is 0 Å². The largest absolute Gasteiger partial charge is 0.456 e. The highest BCUT2D eigenvalue weighted by molar-refractivity contribution is 6.24. The van der Waals surface area contributed by atoms with Crippen LogP contribution in [0.5, 0.6) is 0 Å². The molecule has 11 aromatic rings. The molecule has 0 aliphatic rings. The van der Waals surface area contributed by atoms with Gasteiger partial charge in [0.1, 0.15) is 22.3 Å². The Bertz CT molecular complexity index is 3670. The second-order valence-corrected chi connectivity index (χ2v) is 15.1. The van der Waals surface area contributed by atoms with Gasteiger partial charge in [0.15, 0.2) is 0 Å². The van der Waals surface area contributed by atoms with E-state index in [0.29, 0.717) is 22.3 Å². The minimum absolute atomic E-state index is 0.573. The van der Waals surface area contributed by atoms with Gasteiger partial charge in [-0.15, -0.1) is 0 Å². The summed E-state index contributed by atoms with van der Waals surface area (Å²) in [4.78, 5) is 4.21. The Morgan fingerprint density at radius 1 is 0.306 bits per heavy atom. The fourth-order valence-electron chi connectivity index (χ4n) is 8.47. The summed E-state index contributed by atoms with van der Waals surface area (Å²) >= 11 is 0. The molecule has 0 atom stereocenters. The Balaban J connectivity index is 1.02. The zero-order valence-electron chi connectivity index (χ0n) is 32.7. The van der Waals surface area contributed by atoms with Crippen LogP contribution >= 0.6 is 0 Å². The number of anilines is 6. The van der Waals surface area contributed by atoms with Crippen LogP contribution in [0.25, 0.3) is 65.4 Å². The molecule has 0 bridgehead atoms. The molecule has 0 spiro atoms. The summed E-state index contributed by atoms with van der Waals surface area (Å²) in [6.45, 7) is 0. The van der Waals surface area contributed by atoms with E-state index in [2.05, 4.69) is 101 Å². The first-order valence-corrected chi connectivity index (χ1v) is 19.8. The summed E-state index contributed by atoms with van der Waals surface area (Å²) in [5.74, 6) is 0. The maximum absolute atomic E-state index is 9.45. The van der Waals surface area contributed by atoms with Gasteiger partial charge in [0, 0.05) is 50.3 Å². The third-order valence-electron chi connectivity index (χ3n) is 11.5. The average Bonchev–Trinajstić information content (AvgIpc) is 3.88. The van der Waals surface area contributed by atoms with E-state index >= 15 is 0 Å². The summed E-state index contributed by atoms with van der Waals surface area (Å²) < 4.78 is 13.3. The highest BCUT2D eigenvalue weighted by Crippen LogP contribution is 2.44. The third-order valence-corrected chi connectivity index (χ3v) is 11.5. The van der Waals surface area contributed by atoms with Crippen molar-refractivity contribution in [2.75, 3.05) is 9.80 Å². The summed E-state index contributed by atoms with van der Waals surface area (Å²) in [6.07, 6.45) is 0. The molecule has 0 saturated carbocycles. The summed E-state index contributed by atoms with van der Waals surface area (Å²) in [7, 11) is 0. The standard InChI is InChI=1S/C54H28N6O2/c55-29-33-1-11-41(12-2-33)59(42-13-3-34(30-56)4-14-42)45-19-9-37-25-48-47-21-22-50-53(54(47)62-51(48)27-39(37)23-45)49-26-38-10-20-46(24-40(38)28-52(49)61-50)60(43-15-5-35(31-57)6-16-43)44-17-7-36(32-58)8-18-44/h1-28H. The van der Waals surface area contributed by atoms with E-state index in [1.807, 2.05) is 54.6 Å². The lowest BCUT2D eigenvalue weighted by molar-refractivity contribution is 0.663. The van der Waals surface area contributed by atoms with Gasteiger partial charge in [-0.2, -0.15) is 21.0 Å². The van der Waals surface area contributed by atoms with Crippen LogP contribution in [-0.4, -0.2) is 0 Å². The Morgan fingerprint density at radius 3 is 1.11 bits per heavy atom. The molecule has 0 saturated heterocycles. The Labute approximate surface area is 354 Å². The van der Waals surface area contributed by atoms with Crippen LogP contribution in [0.2, 0.25) is 0 Å². The lowest BCUT2D eigenvalue weighted by atomic mass is 10.0. The summed E-state index contributed by atoms with van der Waals surface area (Å²) in [6, 6.07) is 63.8. The third kappa shape index (κ3) is 5.89. The van der Waals surface area contributed by atoms with Gasteiger partial charge in [-0.1, -0.05) is 12.1 Å². The molecule has 0 amide bonds. The van der Waals surface area contributed by atoms with Crippen molar-refractivity contribution >= 4 is 99.5 Å². The average molecular weight is 793 g/mol. The molecule has 0 aliphatic carbocycles. The van der Waals surface area contributed by atoms with Gasteiger partial charge in [-0.25, -0.2) is 0 Å². The van der Waals surface area contributed by atoms with Gasteiger partial charge in [0.25, 0.3) is 0 Å². The Hall–Kier alpha value is -9.34. The summed E-state index contributed by atoms with van der Waals surface area (Å²) in [5.41, 5.74) is 10.6. The van der Waals surface area contributed by atoms with Gasteiger partial charge in [-0.05, 0) is 179 Å². The molecule has 11 rings (SSSR count). The number of nitrogens with zero attached hydrogens (tertiary/aromatic N) is 6. The second kappa shape index (κ2) is 14.2. The normalized spacial score (nSPS) is 11.2. The molecule has 0 aliphatic heterocycles. The van der Waals surface area contributed by atoms with Crippen molar-refractivity contribution in [2.24, 2.45) is 0 Å². The molecule has 0 N–H and O–H groups in total. The molecule has 2 heterocycles. The zero-order chi connectivity index (χ0) is 41.9. The van der Waals surface area contributed by atoms with Crippen molar-refractivity contribution in [3.05, 3.63) is 192 Å². The zero-order valence-corrected chi connectivity index (χ0v) is 32.7. The van der Waals surface area contributed by atoms with Crippen LogP contribution in [0.4, 0.5) is 34.1 Å². The van der Waals surface area contributed by atoms with E-state index in [0.717, 1.165) is 99.5 Å². The van der Waals surface area contributed by atoms with Crippen LogP contribution in [-0.2, 0) is 0 Å². The maximum Gasteiger partial charge on any atom is 0.147 e. The Kier molecular flexibility index (Phi) is 8.19. The first-order chi connectivity index (χ1) is 30.5. The highest BCUT2D eigenvalue weighted by Gasteiger charge is 2.20. The second-order valence-electron chi connectivity index (χ2n) is 15.1. The van der Waals surface area contributed by atoms with Crippen molar-refractivity contribution in [3.8, 4) is 24.3 Å². The minimum Gasteiger partial charge on any atom is -0.456 e. The van der Waals surface area contributed by atoms with Crippen molar-refractivity contribution in [2.45, 2.75) is 0 Å². The lowest BCUT2D eigenvalue weighted by Gasteiger charge is -2.26. The van der Waals surface area contributed by atoms with Crippen LogP contribution in [0, 0.1) is 45.3 Å². The van der Waals surface area contributed by atoms with Crippen molar-refractivity contribution in [3.63, 3.8) is 0 Å². The molecular formula is C54H28N6O2. The van der Waals surface area contributed by atoms with Gasteiger partial charge in [-0.3, -0.25) is 0 Å². The monoisotopic (exact) mass is 792 g/mol. The van der Waals surface area contributed by atoms with Crippen molar-refractivity contribution in [1.29, 1.82) is 21.0 Å². The number of hydrogen-bond donors (Lipinski definition) is 0. The Morgan fingerprint density at radius 2 is 0.694 bits per heavy atom. The molecule has 8 heteroatoms. The number of furan rings is 2. The molecule has 0 fully saturated rings. The SMILES string of the molecule is N#Cc1ccc(N(c2ccc(C#N)cc2)c2ccc3cc4c(cc3c2)oc2c4ccc3oc4cc5cc(N(c6ccc(C#N)cc6)c6ccc(C#N)cc6)ccc5cc4c32)cc1. The molecule has 0 radical (unpaired) electrons. The molecule has 0 unspecified atom stereocenters. The van der Waals surface area contributed by atoms with Gasteiger partial charge < -0.3 is 18.6 Å².